The Balaban J connectivity index is 2.06. The van der Waals surface area contributed by atoms with Crippen LogP contribution in [0.15, 0.2) is 18.2 Å². The summed E-state index contributed by atoms with van der Waals surface area (Å²) in [5.74, 6) is -0.174. The smallest absolute Gasteiger partial charge is 0.251 e. The van der Waals surface area contributed by atoms with Crippen LogP contribution in [0.4, 0.5) is 5.69 Å². The number of aryl methyl sites for hydroxylation is 1. The fourth-order valence-electron chi connectivity index (χ4n) is 2.44. The lowest BCUT2D eigenvalue weighted by Crippen LogP contribution is -2.32. The van der Waals surface area contributed by atoms with E-state index < -0.39 is 10.0 Å². The van der Waals surface area contributed by atoms with Gasteiger partial charge in [-0.15, -0.1) is 0 Å². The molecule has 1 aromatic rings. The summed E-state index contributed by atoms with van der Waals surface area (Å²) in [6.07, 6.45) is 3.25. The van der Waals surface area contributed by atoms with Crippen molar-refractivity contribution in [3.8, 4) is 0 Å². The molecular formula is C15H22N2O4S. The first-order valence-electron chi connectivity index (χ1n) is 7.23. The molecule has 1 aliphatic heterocycles. The monoisotopic (exact) mass is 326 g/mol. The minimum atomic E-state index is -3.32. The highest BCUT2D eigenvalue weighted by Gasteiger charge is 2.18. The average Bonchev–Trinajstić information content (AvgIpc) is 2.96. The van der Waals surface area contributed by atoms with Gasteiger partial charge in [-0.1, -0.05) is 0 Å². The normalized spacial score (nSPS) is 18.2. The van der Waals surface area contributed by atoms with Gasteiger partial charge in [-0.05, 0) is 43.5 Å². The molecule has 122 valence electrons. The lowest BCUT2D eigenvalue weighted by molar-refractivity contribution is 0.0857. The summed E-state index contributed by atoms with van der Waals surface area (Å²) in [6, 6.07) is 4.98. The van der Waals surface area contributed by atoms with E-state index in [1.165, 1.54) is 11.4 Å². The highest BCUT2D eigenvalue weighted by Crippen LogP contribution is 2.22. The molecule has 1 atom stereocenters. The highest BCUT2D eigenvalue weighted by molar-refractivity contribution is 7.92. The Labute approximate surface area is 131 Å². The van der Waals surface area contributed by atoms with Crippen molar-refractivity contribution in [2.45, 2.75) is 25.9 Å². The van der Waals surface area contributed by atoms with Crippen LogP contribution in [0, 0.1) is 6.92 Å². The molecule has 22 heavy (non-hydrogen) atoms. The van der Waals surface area contributed by atoms with Gasteiger partial charge in [-0.3, -0.25) is 9.10 Å². The number of ether oxygens (including phenoxy) is 1. The molecule has 0 aromatic heterocycles. The number of rotatable bonds is 5. The Kier molecular flexibility index (Phi) is 5.08. The first-order chi connectivity index (χ1) is 10.3. The number of amides is 1. The van der Waals surface area contributed by atoms with Gasteiger partial charge in [0.2, 0.25) is 10.0 Å². The Hall–Kier alpha value is -1.60. The van der Waals surface area contributed by atoms with E-state index in [4.69, 9.17) is 4.74 Å². The SMILES string of the molecule is Cc1cc(C(=O)NC[C@H]2CCCO2)ccc1N(C)S(C)(=O)=O. The van der Waals surface area contributed by atoms with Gasteiger partial charge in [0.05, 0.1) is 18.0 Å². The summed E-state index contributed by atoms with van der Waals surface area (Å²) in [4.78, 5) is 12.1. The first-order valence-corrected chi connectivity index (χ1v) is 9.08. The Morgan fingerprint density at radius 1 is 1.45 bits per heavy atom. The number of nitrogens with one attached hydrogen (secondary N) is 1. The fourth-order valence-corrected chi connectivity index (χ4v) is 3.00. The summed E-state index contributed by atoms with van der Waals surface area (Å²) >= 11 is 0. The second kappa shape index (κ2) is 6.66. The third-order valence-corrected chi connectivity index (χ3v) is 5.00. The van der Waals surface area contributed by atoms with E-state index in [0.717, 1.165) is 31.3 Å². The molecule has 0 spiro atoms. The minimum Gasteiger partial charge on any atom is -0.376 e. The molecule has 0 radical (unpaired) electrons. The molecule has 2 rings (SSSR count). The molecule has 1 amide bonds. The molecule has 0 unspecified atom stereocenters. The fraction of sp³-hybridized carbons (Fsp3) is 0.533. The maximum absolute atomic E-state index is 12.1. The molecule has 0 bridgehead atoms. The van der Waals surface area contributed by atoms with Crippen LogP contribution in [-0.4, -0.2) is 46.9 Å². The zero-order chi connectivity index (χ0) is 16.3. The third kappa shape index (κ3) is 3.98. The molecule has 1 aliphatic rings. The number of nitrogens with zero attached hydrogens (tertiary/aromatic N) is 1. The largest absolute Gasteiger partial charge is 0.376 e. The average molecular weight is 326 g/mol. The summed E-state index contributed by atoms with van der Waals surface area (Å²) in [6.45, 7) is 3.04. The van der Waals surface area contributed by atoms with E-state index in [9.17, 15) is 13.2 Å². The van der Waals surface area contributed by atoms with Crippen molar-refractivity contribution < 1.29 is 17.9 Å². The predicted molar refractivity (Wildman–Crippen MR) is 85.7 cm³/mol. The molecule has 1 fully saturated rings. The van der Waals surface area contributed by atoms with Crippen molar-refractivity contribution >= 4 is 21.6 Å². The van der Waals surface area contributed by atoms with Crippen LogP contribution in [0.3, 0.4) is 0 Å². The van der Waals surface area contributed by atoms with Crippen LogP contribution in [0.2, 0.25) is 0 Å². The molecule has 1 saturated heterocycles. The van der Waals surface area contributed by atoms with Crippen LogP contribution in [0.25, 0.3) is 0 Å². The van der Waals surface area contributed by atoms with E-state index in [0.29, 0.717) is 17.8 Å². The molecule has 7 heteroatoms. The van der Waals surface area contributed by atoms with Crippen LogP contribution in [0.5, 0.6) is 0 Å². The van der Waals surface area contributed by atoms with Gasteiger partial charge >= 0.3 is 0 Å². The molecule has 1 aromatic carbocycles. The van der Waals surface area contributed by atoms with Crippen molar-refractivity contribution in [1.29, 1.82) is 0 Å². The van der Waals surface area contributed by atoms with Crippen LogP contribution in [0.1, 0.15) is 28.8 Å². The first kappa shape index (κ1) is 16.8. The summed E-state index contributed by atoms with van der Waals surface area (Å²) in [5, 5.41) is 2.85. The summed E-state index contributed by atoms with van der Waals surface area (Å²) in [7, 11) is -1.82. The second-order valence-electron chi connectivity index (χ2n) is 5.58. The topological polar surface area (TPSA) is 75.7 Å². The van der Waals surface area contributed by atoms with Crippen LogP contribution < -0.4 is 9.62 Å². The van der Waals surface area contributed by atoms with Gasteiger partial charge in [0.25, 0.3) is 5.91 Å². The Bertz CT molecular complexity index is 652. The molecule has 1 N–H and O–H groups in total. The quantitative estimate of drug-likeness (QED) is 0.885. The van der Waals surface area contributed by atoms with Crippen LogP contribution in [-0.2, 0) is 14.8 Å². The van der Waals surface area contributed by atoms with Crippen molar-refractivity contribution in [2.24, 2.45) is 0 Å². The van der Waals surface area contributed by atoms with E-state index in [2.05, 4.69) is 5.32 Å². The van der Waals surface area contributed by atoms with Gasteiger partial charge in [0.1, 0.15) is 0 Å². The lowest BCUT2D eigenvalue weighted by atomic mass is 10.1. The number of sulfonamides is 1. The van der Waals surface area contributed by atoms with Crippen molar-refractivity contribution in [2.75, 3.05) is 30.8 Å². The van der Waals surface area contributed by atoms with E-state index in [1.54, 1.807) is 25.1 Å². The summed E-state index contributed by atoms with van der Waals surface area (Å²) < 4.78 is 29.8. The van der Waals surface area contributed by atoms with E-state index >= 15 is 0 Å². The molecule has 0 aliphatic carbocycles. The number of hydrogen-bond acceptors (Lipinski definition) is 4. The number of anilines is 1. The van der Waals surface area contributed by atoms with Gasteiger partial charge < -0.3 is 10.1 Å². The number of hydrogen-bond donors (Lipinski definition) is 1. The Morgan fingerprint density at radius 2 is 2.18 bits per heavy atom. The Morgan fingerprint density at radius 3 is 2.73 bits per heavy atom. The van der Waals surface area contributed by atoms with Crippen molar-refractivity contribution in [1.82, 2.24) is 5.32 Å². The maximum atomic E-state index is 12.1. The number of benzene rings is 1. The van der Waals surface area contributed by atoms with Gasteiger partial charge in [0, 0.05) is 25.8 Å². The second-order valence-corrected chi connectivity index (χ2v) is 7.59. The van der Waals surface area contributed by atoms with Gasteiger partial charge in [0.15, 0.2) is 0 Å². The van der Waals surface area contributed by atoms with Crippen LogP contribution >= 0.6 is 0 Å². The minimum absolute atomic E-state index is 0.0979. The third-order valence-electron chi connectivity index (χ3n) is 3.81. The number of carbonyl (C=O) groups is 1. The van der Waals surface area contributed by atoms with Crippen molar-refractivity contribution in [3.63, 3.8) is 0 Å². The van der Waals surface area contributed by atoms with E-state index in [-0.39, 0.29) is 12.0 Å². The standard InChI is InChI=1S/C15H22N2O4S/c1-11-9-12(6-7-14(11)17(2)22(3,19)20)15(18)16-10-13-5-4-8-21-13/h6-7,9,13H,4-5,8,10H2,1-3H3,(H,16,18)/t13-/m1/s1. The maximum Gasteiger partial charge on any atom is 0.251 e. The zero-order valence-corrected chi connectivity index (χ0v) is 13.9. The van der Waals surface area contributed by atoms with Gasteiger partial charge in [-0.2, -0.15) is 0 Å². The molecular weight excluding hydrogens is 304 g/mol. The molecule has 6 nitrogen and oxygen atoms in total. The summed E-state index contributed by atoms with van der Waals surface area (Å²) in [5.41, 5.74) is 1.82. The van der Waals surface area contributed by atoms with Crippen molar-refractivity contribution in [3.05, 3.63) is 29.3 Å². The molecule has 0 saturated carbocycles. The molecule has 1 heterocycles. The predicted octanol–water partition coefficient (Wildman–Crippen LogP) is 1.30. The number of carbonyl (C=O) groups excluding carboxylic acids is 1. The zero-order valence-electron chi connectivity index (χ0n) is 13.1. The highest BCUT2D eigenvalue weighted by atomic mass is 32.2. The van der Waals surface area contributed by atoms with Gasteiger partial charge in [-0.25, -0.2) is 8.42 Å². The lowest BCUT2D eigenvalue weighted by Gasteiger charge is -2.19. The van der Waals surface area contributed by atoms with E-state index in [1.807, 2.05) is 0 Å².